The summed E-state index contributed by atoms with van der Waals surface area (Å²) >= 11 is 1.67. The third-order valence-electron chi connectivity index (χ3n) is 6.50. The molecule has 6 heteroatoms. The van der Waals surface area contributed by atoms with E-state index in [1.807, 2.05) is 40.5 Å². The molecular formula is C21H27N3O2S. The van der Waals surface area contributed by atoms with Gasteiger partial charge in [-0.2, -0.15) is 11.3 Å². The highest BCUT2D eigenvalue weighted by molar-refractivity contribution is 7.07. The molecule has 0 radical (unpaired) electrons. The minimum atomic E-state index is 0.124. The van der Waals surface area contributed by atoms with Gasteiger partial charge >= 0.3 is 0 Å². The number of carbonyl (C=O) groups excluding carboxylic acids is 2. The SMILES string of the molecule is CC(=O)N(Cc1ccsc1)C1CC12CCN(C(=O)c1ccc(C)n1C)CC2. The van der Waals surface area contributed by atoms with Gasteiger partial charge in [0.25, 0.3) is 5.91 Å². The van der Waals surface area contributed by atoms with Crippen LogP contribution in [-0.4, -0.2) is 45.3 Å². The fourth-order valence-corrected chi connectivity index (χ4v) is 5.13. The molecule has 144 valence electrons. The van der Waals surface area contributed by atoms with Crippen LogP contribution in [0.5, 0.6) is 0 Å². The van der Waals surface area contributed by atoms with Crippen LogP contribution in [0.1, 0.15) is 47.9 Å². The third-order valence-corrected chi connectivity index (χ3v) is 7.23. The molecule has 1 unspecified atom stereocenters. The number of thiophene rings is 1. The molecule has 1 aliphatic carbocycles. The highest BCUT2D eigenvalue weighted by Gasteiger charge is 2.58. The van der Waals surface area contributed by atoms with Crippen molar-refractivity contribution < 1.29 is 9.59 Å². The molecule has 3 heterocycles. The Bertz CT molecular complexity index is 847. The summed E-state index contributed by atoms with van der Waals surface area (Å²) in [6, 6.07) is 6.33. The number of piperidine rings is 1. The van der Waals surface area contributed by atoms with Gasteiger partial charge in [-0.05, 0) is 66.1 Å². The van der Waals surface area contributed by atoms with Gasteiger partial charge in [-0.25, -0.2) is 0 Å². The van der Waals surface area contributed by atoms with Crippen LogP contribution in [0.4, 0.5) is 0 Å². The van der Waals surface area contributed by atoms with Crippen molar-refractivity contribution in [2.45, 2.75) is 45.7 Å². The van der Waals surface area contributed by atoms with Gasteiger partial charge in [0, 0.05) is 45.3 Å². The van der Waals surface area contributed by atoms with E-state index in [-0.39, 0.29) is 17.2 Å². The van der Waals surface area contributed by atoms with Crippen LogP contribution in [0, 0.1) is 12.3 Å². The first-order valence-electron chi connectivity index (χ1n) is 9.61. The van der Waals surface area contributed by atoms with Gasteiger partial charge in [0.15, 0.2) is 0 Å². The number of nitrogens with zero attached hydrogens (tertiary/aromatic N) is 3. The lowest BCUT2D eigenvalue weighted by Crippen LogP contribution is -2.42. The fraction of sp³-hybridized carbons (Fsp3) is 0.524. The smallest absolute Gasteiger partial charge is 0.270 e. The summed E-state index contributed by atoms with van der Waals surface area (Å²) in [5.41, 5.74) is 3.28. The Morgan fingerprint density at radius 2 is 2.00 bits per heavy atom. The molecular weight excluding hydrogens is 358 g/mol. The number of amides is 2. The van der Waals surface area contributed by atoms with E-state index in [4.69, 9.17) is 0 Å². The Morgan fingerprint density at radius 1 is 1.26 bits per heavy atom. The summed E-state index contributed by atoms with van der Waals surface area (Å²) in [6.07, 6.45) is 3.04. The van der Waals surface area contributed by atoms with E-state index in [9.17, 15) is 9.59 Å². The monoisotopic (exact) mass is 385 g/mol. The number of hydrogen-bond donors (Lipinski definition) is 0. The van der Waals surface area contributed by atoms with Crippen molar-refractivity contribution in [3.63, 3.8) is 0 Å². The third kappa shape index (κ3) is 3.31. The molecule has 2 aromatic heterocycles. The molecule has 1 saturated carbocycles. The van der Waals surface area contributed by atoms with E-state index < -0.39 is 0 Å². The zero-order chi connectivity index (χ0) is 19.2. The molecule has 27 heavy (non-hydrogen) atoms. The van der Waals surface area contributed by atoms with Crippen LogP contribution in [0.15, 0.2) is 29.0 Å². The van der Waals surface area contributed by atoms with Crippen LogP contribution in [0.25, 0.3) is 0 Å². The first-order chi connectivity index (χ1) is 12.9. The van der Waals surface area contributed by atoms with E-state index in [2.05, 4.69) is 16.8 Å². The lowest BCUT2D eigenvalue weighted by molar-refractivity contribution is -0.130. The maximum absolute atomic E-state index is 12.8. The maximum atomic E-state index is 12.8. The average Bonchev–Trinajstić information content (AvgIpc) is 2.98. The fourth-order valence-electron chi connectivity index (χ4n) is 4.47. The largest absolute Gasteiger partial charge is 0.344 e. The molecule has 0 N–H and O–H groups in total. The molecule has 2 aromatic rings. The topological polar surface area (TPSA) is 45.6 Å². The van der Waals surface area contributed by atoms with Gasteiger partial charge < -0.3 is 14.4 Å². The standard InChI is InChI=1S/C21H27N3O2S/c1-15-4-5-18(22(15)3)20(26)23-9-7-21(8-10-23)12-19(21)24(16(2)25)13-17-6-11-27-14-17/h4-6,11,14,19H,7-10,12-13H2,1-3H3. The molecule has 4 rings (SSSR count). The highest BCUT2D eigenvalue weighted by atomic mass is 32.1. The van der Waals surface area contributed by atoms with Crippen molar-refractivity contribution in [1.29, 1.82) is 0 Å². The molecule has 1 atom stereocenters. The van der Waals surface area contributed by atoms with Gasteiger partial charge in [-0.1, -0.05) is 0 Å². The number of rotatable bonds is 4. The second kappa shape index (κ2) is 6.82. The molecule has 1 saturated heterocycles. The summed E-state index contributed by atoms with van der Waals surface area (Å²) in [5.74, 6) is 0.278. The van der Waals surface area contributed by atoms with Gasteiger partial charge in [0.05, 0.1) is 0 Å². The molecule has 2 amide bonds. The Balaban J connectivity index is 1.39. The highest BCUT2D eigenvalue weighted by Crippen LogP contribution is 2.57. The van der Waals surface area contributed by atoms with Crippen molar-refractivity contribution >= 4 is 23.2 Å². The molecule has 2 fully saturated rings. The van der Waals surface area contributed by atoms with Crippen molar-refractivity contribution in [1.82, 2.24) is 14.4 Å². The van der Waals surface area contributed by atoms with Gasteiger partial charge in [0.1, 0.15) is 5.69 Å². The minimum Gasteiger partial charge on any atom is -0.344 e. The predicted octanol–water partition coefficient (Wildman–Crippen LogP) is 3.44. The van der Waals surface area contributed by atoms with E-state index in [1.54, 1.807) is 18.3 Å². The zero-order valence-electron chi connectivity index (χ0n) is 16.3. The molecule has 1 aliphatic heterocycles. The molecule has 2 aliphatic rings. The van der Waals surface area contributed by atoms with Crippen LogP contribution in [0.2, 0.25) is 0 Å². The number of aryl methyl sites for hydroxylation is 1. The van der Waals surface area contributed by atoms with Crippen molar-refractivity contribution in [3.8, 4) is 0 Å². The quantitative estimate of drug-likeness (QED) is 0.809. The lowest BCUT2D eigenvalue weighted by atomic mass is 9.92. The van der Waals surface area contributed by atoms with Crippen LogP contribution >= 0.6 is 11.3 Å². The van der Waals surface area contributed by atoms with Crippen LogP contribution in [0.3, 0.4) is 0 Å². The second-order valence-electron chi connectivity index (χ2n) is 8.07. The first-order valence-corrected chi connectivity index (χ1v) is 10.6. The van der Waals surface area contributed by atoms with E-state index in [0.717, 1.165) is 43.7 Å². The van der Waals surface area contributed by atoms with Crippen molar-refractivity contribution in [2.24, 2.45) is 12.5 Å². The summed E-state index contributed by atoms with van der Waals surface area (Å²) in [7, 11) is 1.94. The van der Waals surface area contributed by atoms with Gasteiger partial charge in [-0.15, -0.1) is 0 Å². The number of carbonyl (C=O) groups is 2. The maximum Gasteiger partial charge on any atom is 0.270 e. The lowest BCUT2D eigenvalue weighted by Gasteiger charge is -2.34. The average molecular weight is 386 g/mol. The van der Waals surface area contributed by atoms with Crippen molar-refractivity contribution in [3.05, 3.63) is 45.9 Å². The summed E-state index contributed by atoms with van der Waals surface area (Å²) < 4.78 is 1.96. The summed E-state index contributed by atoms with van der Waals surface area (Å²) in [5, 5.41) is 4.18. The Hall–Kier alpha value is -2.08. The van der Waals surface area contributed by atoms with Gasteiger partial charge in [-0.3, -0.25) is 9.59 Å². The number of hydrogen-bond acceptors (Lipinski definition) is 3. The Labute approximate surface area is 164 Å². The van der Waals surface area contributed by atoms with Crippen molar-refractivity contribution in [2.75, 3.05) is 13.1 Å². The van der Waals surface area contributed by atoms with E-state index >= 15 is 0 Å². The predicted molar refractivity (Wildman–Crippen MR) is 107 cm³/mol. The second-order valence-corrected chi connectivity index (χ2v) is 8.85. The molecule has 1 spiro atoms. The van der Waals surface area contributed by atoms with E-state index in [0.29, 0.717) is 12.6 Å². The normalized spacial score (nSPS) is 20.7. The summed E-state index contributed by atoms with van der Waals surface area (Å²) in [4.78, 5) is 29.1. The number of likely N-dealkylation sites (tertiary alicyclic amines) is 1. The number of aromatic nitrogens is 1. The summed E-state index contributed by atoms with van der Waals surface area (Å²) in [6.45, 7) is 5.96. The zero-order valence-corrected chi connectivity index (χ0v) is 17.1. The minimum absolute atomic E-state index is 0.124. The molecule has 5 nitrogen and oxygen atoms in total. The van der Waals surface area contributed by atoms with E-state index in [1.165, 1.54) is 5.56 Å². The van der Waals surface area contributed by atoms with Crippen LogP contribution < -0.4 is 0 Å². The van der Waals surface area contributed by atoms with Crippen LogP contribution in [-0.2, 0) is 18.4 Å². The molecule has 0 aromatic carbocycles. The first kappa shape index (κ1) is 18.3. The Kier molecular flexibility index (Phi) is 4.62. The molecule has 0 bridgehead atoms. The Morgan fingerprint density at radius 3 is 2.56 bits per heavy atom. The van der Waals surface area contributed by atoms with Gasteiger partial charge in [0.2, 0.25) is 5.91 Å².